The van der Waals surface area contributed by atoms with Crippen LogP contribution in [-0.4, -0.2) is 27.2 Å². The number of benzene rings is 2. The summed E-state index contributed by atoms with van der Waals surface area (Å²) >= 11 is 0. The molecule has 0 bridgehead atoms. The van der Waals surface area contributed by atoms with Gasteiger partial charge in [-0.3, -0.25) is 9.59 Å². The van der Waals surface area contributed by atoms with Crippen LogP contribution in [0.15, 0.2) is 72.0 Å². The number of para-hydroxylation sites is 1. The van der Waals surface area contributed by atoms with E-state index in [0.717, 1.165) is 33.5 Å². The Hall–Kier alpha value is -4.13. The quantitative estimate of drug-likeness (QED) is 0.375. The van der Waals surface area contributed by atoms with Gasteiger partial charge in [-0.05, 0) is 50.2 Å². The van der Waals surface area contributed by atoms with Gasteiger partial charge in [0.15, 0.2) is 0 Å². The van der Waals surface area contributed by atoms with Crippen LogP contribution in [0.25, 0.3) is 16.6 Å². The zero-order chi connectivity index (χ0) is 22.0. The van der Waals surface area contributed by atoms with Crippen LogP contribution in [0.3, 0.4) is 0 Å². The maximum atomic E-state index is 12.6. The molecule has 0 radical (unpaired) electrons. The van der Waals surface area contributed by atoms with Gasteiger partial charge in [0.1, 0.15) is 6.54 Å². The second-order valence-corrected chi connectivity index (χ2v) is 7.40. The Morgan fingerprint density at radius 1 is 1.03 bits per heavy atom. The van der Waals surface area contributed by atoms with Gasteiger partial charge in [-0.15, -0.1) is 0 Å². The number of aromatic nitrogens is 2. The van der Waals surface area contributed by atoms with E-state index >= 15 is 0 Å². The lowest BCUT2D eigenvalue weighted by Gasteiger charge is -2.10. The van der Waals surface area contributed by atoms with Gasteiger partial charge in [0.2, 0.25) is 5.91 Å². The van der Waals surface area contributed by atoms with Gasteiger partial charge in [0.05, 0.1) is 6.21 Å². The van der Waals surface area contributed by atoms with E-state index in [1.54, 1.807) is 23.0 Å². The third-order valence-corrected chi connectivity index (χ3v) is 5.15. The Morgan fingerprint density at radius 3 is 2.52 bits per heavy atom. The van der Waals surface area contributed by atoms with E-state index < -0.39 is 5.91 Å². The largest absolute Gasteiger partial charge is 0.368 e. The number of carbonyl (C=O) groups excluding carboxylic acids is 2. The summed E-state index contributed by atoms with van der Waals surface area (Å²) < 4.78 is 3.86. The van der Waals surface area contributed by atoms with Crippen LogP contribution in [0, 0.1) is 13.8 Å². The Kier molecular flexibility index (Phi) is 5.41. The highest BCUT2D eigenvalue weighted by Crippen LogP contribution is 2.20. The topological polar surface area (TPSA) is 94.4 Å². The maximum absolute atomic E-state index is 12.6. The number of nitrogens with one attached hydrogen (secondary N) is 1. The summed E-state index contributed by atoms with van der Waals surface area (Å²) in [4.78, 5) is 24.0. The molecule has 0 unspecified atom stereocenters. The van der Waals surface area contributed by atoms with E-state index in [4.69, 9.17) is 5.73 Å². The van der Waals surface area contributed by atoms with Gasteiger partial charge < -0.3 is 14.9 Å². The molecule has 2 amide bonds. The molecule has 0 aliphatic rings. The number of carbonyl (C=O) groups is 2. The molecule has 31 heavy (non-hydrogen) atoms. The molecule has 3 N–H and O–H groups in total. The van der Waals surface area contributed by atoms with Crippen LogP contribution < -0.4 is 11.2 Å². The SMILES string of the molecule is Cc1ccc(C)n1-c1cccc(C(=O)N/N=C\c2cn(CC(N)=O)c3ccccc23)c1. The van der Waals surface area contributed by atoms with E-state index in [2.05, 4.69) is 15.1 Å². The van der Waals surface area contributed by atoms with Crippen molar-refractivity contribution >= 4 is 28.9 Å². The van der Waals surface area contributed by atoms with Gasteiger partial charge in [-0.2, -0.15) is 5.10 Å². The Morgan fingerprint density at radius 2 is 1.77 bits per heavy atom. The van der Waals surface area contributed by atoms with E-state index in [9.17, 15) is 9.59 Å². The molecule has 2 aromatic carbocycles. The van der Waals surface area contributed by atoms with Crippen molar-refractivity contribution < 1.29 is 9.59 Å². The molecule has 7 nitrogen and oxygen atoms in total. The van der Waals surface area contributed by atoms with Crippen LogP contribution >= 0.6 is 0 Å². The van der Waals surface area contributed by atoms with Crippen LogP contribution in [0.4, 0.5) is 0 Å². The van der Waals surface area contributed by atoms with Crippen molar-refractivity contribution in [2.75, 3.05) is 0 Å². The minimum atomic E-state index is -0.425. The summed E-state index contributed by atoms with van der Waals surface area (Å²) in [5, 5.41) is 5.05. The first kappa shape index (κ1) is 20.2. The number of aryl methyl sites for hydroxylation is 2. The summed E-state index contributed by atoms with van der Waals surface area (Å²) in [5.74, 6) is -0.730. The highest BCUT2D eigenvalue weighted by molar-refractivity contribution is 6.01. The molecule has 0 saturated heterocycles. The standard InChI is InChI=1S/C24H23N5O2/c1-16-10-11-17(2)29(16)20-7-5-6-18(12-20)24(31)27-26-13-19-14-28(15-23(25)30)22-9-4-3-8-21(19)22/h3-14H,15H2,1-2H3,(H2,25,30)(H,27,31)/b26-13-. The number of primary amides is 1. The fraction of sp³-hybridized carbons (Fsp3) is 0.125. The summed E-state index contributed by atoms with van der Waals surface area (Å²) in [6, 6.07) is 19.1. The summed E-state index contributed by atoms with van der Waals surface area (Å²) in [6.07, 6.45) is 3.37. The second-order valence-electron chi connectivity index (χ2n) is 7.40. The summed E-state index contributed by atoms with van der Waals surface area (Å²) in [7, 11) is 0. The summed E-state index contributed by atoms with van der Waals surface area (Å²) in [5.41, 5.74) is 13.2. The molecule has 4 aromatic rings. The highest BCUT2D eigenvalue weighted by atomic mass is 16.2. The van der Waals surface area contributed by atoms with Crippen molar-refractivity contribution in [3.63, 3.8) is 0 Å². The normalized spacial score (nSPS) is 11.3. The summed E-state index contributed by atoms with van der Waals surface area (Å²) in [6.45, 7) is 4.13. The first-order valence-electron chi connectivity index (χ1n) is 9.89. The molecule has 0 fully saturated rings. The third-order valence-electron chi connectivity index (χ3n) is 5.15. The van der Waals surface area contributed by atoms with Gasteiger partial charge in [-0.1, -0.05) is 24.3 Å². The molecule has 0 aliphatic heterocycles. The van der Waals surface area contributed by atoms with Crippen LogP contribution in [0.1, 0.15) is 27.3 Å². The van der Waals surface area contributed by atoms with Crippen molar-refractivity contribution in [1.82, 2.24) is 14.6 Å². The van der Waals surface area contributed by atoms with Crippen molar-refractivity contribution in [2.45, 2.75) is 20.4 Å². The Balaban J connectivity index is 1.55. The number of nitrogens with two attached hydrogens (primary N) is 1. The predicted octanol–water partition coefficient (Wildman–Crippen LogP) is 3.30. The zero-order valence-corrected chi connectivity index (χ0v) is 17.4. The van der Waals surface area contributed by atoms with E-state index in [1.807, 2.05) is 68.4 Å². The van der Waals surface area contributed by atoms with Crippen LogP contribution in [0.2, 0.25) is 0 Å². The number of fused-ring (bicyclic) bond motifs is 1. The molecule has 0 spiro atoms. The Labute approximate surface area is 179 Å². The number of hydrogen-bond donors (Lipinski definition) is 2. The lowest BCUT2D eigenvalue weighted by atomic mass is 10.2. The Bertz CT molecular complexity index is 1290. The fourth-order valence-electron chi connectivity index (χ4n) is 3.76. The molecule has 156 valence electrons. The molecule has 0 aliphatic carbocycles. The average Bonchev–Trinajstić information content (AvgIpc) is 3.27. The predicted molar refractivity (Wildman–Crippen MR) is 121 cm³/mol. The van der Waals surface area contributed by atoms with Crippen molar-refractivity contribution in [1.29, 1.82) is 0 Å². The first-order valence-corrected chi connectivity index (χ1v) is 9.89. The third kappa shape index (κ3) is 4.11. The minimum Gasteiger partial charge on any atom is -0.368 e. The number of rotatable bonds is 6. The molecular weight excluding hydrogens is 390 g/mol. The van der Waals surface area contributed by atoms with E-state index in [0.29, 0.717) is 5.56 Å². The van der Waals surface area contributed by atoms with Gasteiger partial charge in [-0.25, -0.2) is 5.43 Å². The molecule has 2 heterocycles. The monoisotopic (exact) mass is 413 g/mol. The van der Waals surface area contributed by atoms with Gasteiger partial charge in [0, 0.05) is 45.3 Å². The maximum Gasteiger partial charge on any atom is 0.271 e. The lowest BCUT2D eigenvalue weighted by Crippen LogP contribution is -2.18. The van der Waals surface area contributed by atoms with Gasteiger partial charge >= 0.3 is 0 Å². The average molecular weight is 413 g/mol. The van der Waals surface area contributed by atoms with Crippen molar-refractivity contribution in [3.8, 4) is 5.69 Å². The molecule has 0 atom stereocenters. The van der Waals surface area contributed by atoms with E-state index in [-0.39, 0.29) is 12.5 Å². The number of amides is 2. The fourth-order valence-corrected chi connectivity index (χ4v) is 3.76. The van der Waals surface area contributed by atoms with Crippen molar-refractivity contribution in [3.05, 3.63) is 89.4 Å². The minimum absolute atomic E-state index is 0.0751. The van der Waals surface area contributed by atoms with Gasteiger partial charge in [0.25, 0.3) is 5.91 Å². The number of hydrazone groups is 1. The molecule has 2 aromatic heterocycles. The molecular formula is C24H23N5O2. The first-order chi connectivity index (χ1) is 14.9. The van der Waals surface area contributed by atoms with Crippen LogP contribution in [0.5, 0.6) is 0 Å². The van der Waals surface area contributed by atoms with Crippen LogP contribution in [-0.2, 0) is 11.3 Å². The molecule has 0 saturated carbocycles. The molecule has 7 heteroatoms. The molecule has 4 rings (SSSR count). The number of hydrogen-bond acceptors (Lipinski definition) is 3. The second kappa shape index (κ2) is 8.31. The zero-order valence-electron chi connectivity index (χ0n) is 17.4. The van der Waals surface area contributed by atoms with E-state index in [1.165, 1.54) is 0 Å². The highest BCUT2D eigenvalue weighted by Gasteiger charge is 2.10. The number of nitrogens with zero attached hydrogens (tertiary/aromatic N) is 3. The smallest absolute Gasteiger partial charge is 0.271 e. The van der Waals surface area contributed by atoms with Crippen molar-refractivity contribution in [2.24, 2.45) is 10.8 Å². The lowest BCUT2D eigenvalue weighted by molar-refractivity contribution is -0.118.